The maximum absolute atomic E-state index is 10.3. The van der Waals surface area contributed by atoms with Crippen LogP contribution in [0.25, 0.3) is 12.2 Å². The highest BCUT2D eigenvalue weighted by molar-refractivity contribution is 5.81. The fraction of sp³-hybridized carbons (Fsp3) is 0.130. The summed E-state index contributed by atoms with van der Waals surface area (Å²) in [4.78, 5) is 9.87. The number of nitrogen functional groups attached to an aromatic ring is 2. The van der Waals surface area contributed by atoms with Crippen molar-refractivity contribution in [1.29, 1.82) is 0 Å². The molecule has 0 aliphatic heterocycles. The molecule has 0 spiro atoms. The molecule has 6 heteroatoms. The Hall–Kier alpha value is -3.64. The smallest absolute Gasteiger partial charge is 0.269 e. The van der Waals surface area contributed by atoms with Crippen LogP contribution in [-0.2, 0) is 6.42 Å². The van der Waals surface area contributed by atoms with Crippen molar-refractivity contribution < 1.29 is 10.0 Å². The summed E-state index contributed by atoms with van der Waals surface area (Å²) in [6, 6.07) is 22.1. The first-order valence-electron chi connectivity index (χ1n) is 9.22. The largest absolute Gasteiger partial charge is 0.397 e. The summed E-state index contributed by atoms with van der Waals surface area (Å²) in [6.07, 6.45) is 5.44. The predicted molar refractivity (Wildman–Crippen MR) is 119 cm³/mol. The number of anilines is 2. The number of benzene rings is 3. The van der Waals surface area contributed by atoms with Crippen LogP contribution >= 0.6 is 0 Å². The Morgan fingerprint density at radius 2 is 1.59 bits per heavy atom. The second-order valence-corrected chi connectivity index (χ2v) is 6.34. The Morgan fingerprint density at radius 3 is 2.21 bits per heavy atom. The number of aliphatic hydroxyl groups is 1. The van der Waals surface area contributed by atoms with Crippen LogP contribution in [0, 0.1) is 10.1 Å². The predicted octanol–water partition coefficient (Wildman–Crippen LogP) is 4.54. The number of nitro groups is 1. The topological polar surface area (TPSA) is 115 Å². The highest BCUT2D eigenvalue weighted by Gasteiger charge is 2.03. The Bertz CT molecular complexity index is 939. The Labute approximate surface area is 170 Å². The van der Waals surface area contributed by atoms with Crippen molar-refractivity contribution >= 4 is 29.2 Å². The first kappa shape index (κ1) is 21.7. The molecule has 150 valence electrons. The quantitative estimate of drug-likeness (QED) is 0.247. The number of nitro benzene ring substituents is 1. The fourth-order valence-electron chi connectivity index (χ4n) is 2.56. The third-order valence-corrected chi connectivity index (χ3v) is 4.20. The van der Waals surface area contributed by atoms with E-state index in [0.29, 0.717) is 17.8 Å². The number of hydrogen-bond donors (Lipinski definition) is 3. The van der Waals surface area contributed by atoms with E-state index in [9.17, 15) is 10.1 Å². The summed E-state index contributed by atoms with van der Waals surface area (Å²) in [7, 11) is 0. The average molecular weight is 391 g/mol. The van der Waals surface area contributed by atoms with Crippen molar-refractivity contribution in [3.63, 3.8) is 0 Å². The van der Waals surface area contributed by atoms with Gasteiger partial charge in [0.25, 0.3) is 5.69 Å². The van der Waals surface area contributed by atoms with Crippen LogP contribution in [0.15, 0.2) is 72.8 Å². The number of non-ortho nitro benzene ring substituents is 1. The van der Waals surface area contributed by atoms with Crippen molar-refractivity contribution in [3.8, 4) is 0 Å². The first-order chi connectivity index (χ1) is 14.0. The lowest BCUT2D eigenvalue weighted by Gasteiger charge is -2.03. The van der Waals surface area contributed by atoms with Crippen LogP contribution < -0.4 is 11.5 Å². The summed E-state index contributed by atoms with van der Waals surface area (Å²) in [6.45, 7) is 0.150. The number of rotatable bonds is 6. The zero-order chi connectivity index (χ0) is 21.1. The molecule has 3 rings (SSSR count). The third-order valence-electron chi connectivity index (χ3n) is 4.20. The van der Waals surface area contributed by atoms with Crippen molar-refractivity contribution in [2.24, 2.45) is 0 Å². The van der Waals surface area contributed by atoms with Gasteiger partial charge in [0.05, 0.1) is 16.3 Å². The zero-order valence-electron chi connectivity index (χ0n) is 16.1. The van der Waals surface area contributed by atoms with Crippen molar-refractivity contribution in [1.82, 2.24) is 0 Å². The molecule has 0 aliphatic rings. The summed E-state index contributed by atoms with van der Waals surface area (Å²) in [5, 5.41) is 18.9. The lowest BCUT2D eigenvalue weighted by molar-refractivity contribution is -0.384. The molecule has 0 radical (unpaired) electrons. The molecule has 3 aromatic carbocycles. The molecule has 0 bridgehead atoms. The van der Waals surface area contributed by atoms with Gasteiger partial charge in [0, 0.05) is 18.7 Å². The fourth-order valence-corrected chi connectivity index (χ4v) is 2.56. The van der Waals surface area contributed by atoms with E-state index in [1.165, 1.54) is 12.1 Å². The van der Waals surface area contributed by atoms with Crippen LogP contribution in [0.5, 0.6) is 0 Å². The van der Waals surface area contributed by atoms with Gasteiger partial charge in [0.1, 0.15) is 0 Å². The van der Waals surface area contributed by atoms with Crippen molar-refractivity contribution in [3.05, 3.63) is 99.6 Å². The van der Waals surface area contributed by atoms with E-state index in [0.717, 1.165) is 23.1 Å². The lowest BCUT2D eigenvalue weighted by atomic mass is 10.1. The molecule has 0 saturated heterocycles. The van der Waals surface area contributed by atoms with E-state index < -0.39 is 4.92 Å². The molecular formula is C23H25N3O3. The van der Waals surface area contributed by atoms with Gasteiger partial charge in [-0.05, 0) is 35.6 Å². The molecule has 5 N–H and O–H groups in total. The van der Waals surface area contributed by atoms with E-state index in [2.05, 4.69) is 0 Å². The van der Waals surface area contributed by atoms with Gasteiger partial charge in [-0.2, -0.15) is 0 Å². The van der Waals surface area contributed by atoms with Gasteiger partial charge in [-0.15, -0.1) is 0 Å². The van der Waals surface area contributed by atoms with Gasteiger partial charge in [0.15, 0.2) is 0 Å². The van der Waals surface area contributed by atoms with Crippen molar-refractivity contribution in [2.75, 3.05) is 18.1 Å². The molecule has 3 aromatic rings. The highest BCUT2D eigenvalue weighted by Crippen LogP contribution is 2.21. The van der Waals surface area contributed by atoms with Gasteiger partial charge in [-0.3, -0.25) is 10.1 Å². The van der Waals surface area contributed by atoms with Crippen LogP contribution in [0.4, 0.5) is 17.1 Å². The van der Waals surface area contributed by atoms with Crippen LogP contribution in [0.2, 0.25) is 0 Å². The van der Waals surface area contributed by atoms with E-state index in [4.69, 9.17) is 16.6 Å². The Kier molecular flexibility index (Phi) is 8.41. The minimum Gasteiger partial charge on any atom is -0.397 e. The molecule has 6 nitrogen and oxygen atoms in total. The third kappa shape index (κ3) is 7.12. The molecule has 0 heterocycles. The van der Waals surface area contributed by atoms with Crippen molar-refractivity contribution in [2.45, 2.75) is 12.8 Å². The maximum Gasteiger partial charge on any atom is 0.269 e. The van der Waals surface area contributed by atoms with E-state index >= 15 is 0 Å². The van der Waals surface area contributed by atoms with Crippen LogP contribution in [0.3, 0.4) is 0 Å². The van der Waals surface area contributed by atoms with Gasteiger partial charge in [-0.25, -0.2) is 0 Å². The summed E-state index contributed by atoms with van der Waals surface area (Å²) in [5.74, 6) is 0. The van der Waals surface area contributed by atoms with E-state index in [1.807, 2.05) is 54.6 Å². The number of hydrogen-bond acceptors (Lipinski definition) is 5. The Morgan fingerprint density at radius 1 is 0.897 bits per heavy atom. The zero-order valence-corrected chi connectivity index (χ0v) is 16.1. The summed E-state index contributed by atoms with van der Waals surface area (Å²) in [5.41, 5.74) is 16.1. The van der Waals surface area contributed by atoms with Gasteiger partial charge in [0.2, 0.25) is 0 Å². The summed E-state index contributed by atoms with van der Waals surface area (Å²) >= 11 is 0. The van der Waals surface area contributed by atoms with Crippen LogP contribution in [0.1, 0.15) is 23.1 Å². The maximum atomic E-state index is 10.3. The normalized spacial score (nSPS) is 10.4. The minimum atomic E-state index is -0.421. The second-order valence-electron chi connectivity index (χ2n) is 6.34. The Balaban J connectivity index is 0.000000212. The second kappa shape index (κ2) is 11.3. The average Bonchev–Trinajstić information content (AvgIpc) is 2.75. The molecule has 0 atom stereocenters. The molecular weight excluding hydrogens is 366 g/mol. The van der Waals surface area contributed by atoms with Gasteiger partial charge >= 0.3 is 0 Å². The molecule has 0 unspecified atom stereocenters. The summed E-state index contributed by atoms with van der Waals surface area (Å²) < 4.78 is 0. The van der Waals surface area contributed by atoms with E-state index in [1.54, 1.807) is 18.2 Å². The van der Waals surface area contributed by atoms with Gasteiger partial charge in [-0.1, -0.05) is 66.7 Å². The minimum absolute atomic E-state index is 0.104. The number of nitrogens with zero attached hydrogens (tertiary/aromatic N) is 1. The number of aryl methyl sites for hydroxylation is 1. The molecule has 0 aromatic heterocycles. The molecule has 0 saturated carbocycles. The molecule has 0 amide bonds. The van der Waals surface area contributed by atoms with Gasteiger partial charge < -0.3 is 16.6 Å². The monoisotopic (exact) mass is 391 g/mol. The first-order valence-corrected chi connectivity index (χ1v) is 9.22. The van der Waals surface area contributed by atoms with Crippen LogP contribution in [-0.4, -0.2) is 16.6 Å². The number of para-hydroxylation sites is 1. The number of aliphatic hydroxyl groups excluding tert-OH is 1. The lowest BCUT2D eigenvalue weighted by Crippen LogP contribution is -1.96. The highest BCUT2D eigenvalue weighted by atomic mass is 16.6. The molecule has 0 aliphatic carbocycles. The number of nitrogens with two attached hydrogens (primary N) is 2. The SMILES string of the molecule is Nc1cccc(C=Cc2ccccc2)c1N.O=[N+]([O-])c1ccc(CCCO)cc1. The van der Waals surface area contributed by atoms with E-state index in [-0.39, 0.29) is 12.3 Å². The standard InChI is InChI=1S/C14H14N2.C9H11NO3/c15-13-8-4-7-12(14(13)16)10-9-11-5-2-1-3-6-11;11-7-1-2-8-3-5-9(6-4-8)10(12)13/h1-10H,15-16H2;3-6,11H,1-2,7H2. The molecule has 29 heavy (non-hydrogen) atoms. The molecule has 0 fully saturated rings.